The normalized spacial score (nSPS) is 10.8. The van der Waals surface area contributed by atoms with Gasteiger partial charge >= 0.3 is 23.9 Å². The first-order valence-corrected chi connectivity index (χ1v) is 15.5. The van der Waals surface area contributed by atoms with Crippen molar-refractivity contribution in [2.75, 3.05) is 31.2 Å². The second-order valence-electron chi connectivity index (χ2n) is 10.6. The third-order valence-corrected chi connectivity index (χ3v) is 6.87. The number of carbonyl (C=O) groups is 4. The molecule has 0 bridgehead atoms. The lowest BCUT2D eigenvalue weighted by Gasteiger charge is -2.22. The number of carboxylic acid groups (broad SMARTS) is 2. The van der Waals surface area contributed by atoms with Gasteiger partial charge in [-0.2, -0.15) is 0 Å². The van der Waals surface area contributed by atoms with E-state index in [4.69, 9.17) is 9.47 Å². The molecule has 1 aromatic carbocycles. The van der Waals surface area contributed by atoms with Crippen LogP contribution in [0.15, 0.2) is 18.2 Å². The Morgan fingerprint density at radius 2 is 0.902 bits per heavy atom. The van der Waals surface area contributed by atoms with E-state index in [0.717, 1.165) is 56.3 Å². The molecule has 0 unspecified atom stereocenters. The van der Waals surface area contributed by atoms with E-state index in [2.05, 4.69) is 13.8 Å². The van der Waals surface area contributed by atoms with Gasteiger partial charge < -0.3 is 24.6 Å². The lowest BCUT2D eigenvalue weighted by molar-refractivity contribution is -0.136. The second kappa shape index (κ2) is 22.6. The van der Waals surface area contributed by atoms with Gasteiger partial charge in [0.25, 0.3) is 0 Å². The number of ether oxygens (including phenoxy) is 2. The van der Waals surface area contributed by atoms with Gasteiger partial charge in [0.05, 0.1) is 24.3 Å². The number of hydrogen-bond donors (Lipinski definition) is 2. The zero-order valence-corrected chi connectivity index (χ0v) is 25.2. The van der Waals surface area contributed by atoms with Crippen molar-refractivity contribution in [3.63, 3.8) is 0 Å². The molecule has 0 aliphatic rings. The molecule has 9 heteroatoms. The number of carbonyl (C=O) groups excluding carboxylic acids is 2. The number of benzene rings is 1. The van der Waals surface area contributed by atoms with Crippen molar-refractivity contribution in [3.8, 4) is 0 Å². The minimum Gasteiger partial charge on any atom is -0.480 e. The summed E-state index contributed by atoms with van der Waals surface area (Å²) in [5.41, 5.74) is 0.208. The highest BCUT2D eigenvalue weighted by Gasteiger charge is 2.21. The van der Waals surface area contributed by atoms with Crippen molar-refractivity contribution in [3.05, 3.63) is 29.3 Å². The summed E-state index contributed by atoms with van der Waals surface area (Å²) in [6.07, 6.45) is 17.6. The standard InChI is InChI=1S/C32H51NO8/c1-3-5-7-9-11-13-15-17-19-40-31(38)26-21-27(23-28(22-26)33(24-29(34)35)25-30(36)37)32(39)41-20-18-16-14-12-10-8-6-4-2/h21-23H,3-20,24-25H2,1-2H3,(H,34,35)(H,36,37). The fourth-order valence-electron chi connectivity index (χ4n) is 4.56. The van der Waals surface area contributed by atoms with Gasteiger partial charge in [0.1, 0.15) is 13.1 Å². The van der Waals surface area contributed by atoms with E-state index in [9.17, 15) is 29.4 Å². The van der Waals surface area contributed by atoms with Crippen LogP contribution in [0.25, 0.3) is 0 Å². The highest BCUT2D eigenvalue weighted by atomic mass is 16.5. The molecule has 0 atom stereocenters. The third kappa shape index (κ3) is 17.3. The second-order valence-corrected chi connectivity index (χ2v) is 10.6. The van der Waals surface area contributed by atoms with Crippen LogP contribution in [0.4, 0.5) is 5.69 Å². The van der Waals surface area contributed by atoms with Gasteiger partial charge in [-0.25, -0.2) is 9.59 Å². The number of nitrogens with zero attached hydrogens (tertiary/aromatic N) is 1. The molecule has 0 radical (unpaired) electrons. The van der Waals surface area contributed by atoms with Crippen LogP contribution in [0.5, 0.6) is 0 Å². The van der Waals surface area contributed by atoms with E-state index in [-0.39, 0.29) is 30.0 Å². The lowest BCUT2D eigenvalue weighted by Crippen LogP contribution is -2.34. The number of aliphatic carboxylic acids is 2. The summed E-state index contributed by atoms with van der Waals surface area (Å²) in [6, 6.07) is 4.07. The number of anilines is 1. The molecular formula is C32H51NO8. The largest absolute Gasteiger partial charge is 0.480 e. The molecule has 2 N–H and O–H groups in total. The molecule has 0 spiro atoms. The van der Waals surface area contributed by atoms with Gasteiger partial charge in [-0.15, -0.1) is 0 Å². The molecule has 0 aliphatic carbocycles. The zero-order chi connectivity index (χ0) is 30.3. The number of rotatable bonds is 25. The van der Waals surface area contributed by atoms with Gasteiger partial charge in [0.15, 0.2) is 0 Å². The Labute approximate surface area is 245 Å². The molecule has 0 saturated heterocycles. The zero-order valence-electron chi connectivity index (χ0n) is 25.2. The number of unbranched alkanes of at least 4 members (excludes halogenated alkanes) is 14. The molecule has 0 aliphatic heterocycles. The molecule has 0 saturated carbocycles. The van der Waals surface area contributed by atoms with Crippen molar-refractivity contribution in [2.24, 2.45) is 0 Å². The Morgan fingerprint density at radius 3 is 1.24 bits per heavy atom. The summed E-state index contributed by atoms with van der Waals surface area (Å²) < 4.78 is 10.8. The highest BCUT2D eigenvalue weighted by molar-refractivity contribution is 5.97. The van der Waals surface area contributed by atoms with Gasteiger partial charge in [-0.3, -0.25) is 9.59 Å². The van der Waals surface area contributed by atoms with Crippen LogP contribution in [-0.2, 0) is 19.1 Å². The average Bonchev–Trinajstić information content (AvgIpc) is 2.94. The number of hydrogen-bond acceptors (Lipinski definition) is 7. The van der Waals surface area contributed by atoms with Crippen molar-refractivity contribution in [2.45, 2.75) is 117 Å². The highest BCUT2D eigenvalue weighted by Crippen LogP contribution is 2.22. The summed E-state index contributed by atoms with van der Waals surface area (Å²) in [4.78, 5) is 49.5. The van der Waals surface area contributed by atoms with Crippen LogP contribution in [0, 0.1) is 0 Å². The SMILES string of the molecule is CCCCCCCCCCOC(=O)c1cc(C(=O)OCCCCCCCCCC)cc(N(CC(=O)O)CC(=O)O)c1. The Balaban J connectivity index is 2.80. The lowest BCUT2D eigenvalue weighted by atomic mass is 10.1. The van der Waals surface area contributed by atoms with Crippen molar-refractivity contribution in [1.82, 2.24) is 0 Å². The monoisotopic (exact) mass is 577 g/mol. The number of carboxylic acids is 2. The molecule has 0 fully saturated rings. The first-order chi connectivity index (χ1) is 19.8. The predicted molar refractivity (Wildman–Crippen MR) is 160 cm³/mol. The van der Waals surface area contributed by atoms with E-state index in [0.29, 0.717) is 0 Å². The molecule has 1 rings (SSSR count). The van der Waals surface area contributed by atoms with E-state index < -0.39 is 37.0 Å². The molecule has 1 aromatic rings. The van der Waals surface area contributed by atoms with Gasteiger partial charge in [0.2, 0.25) is 0 Å². The third-order valence-electron chi connectivity index (χ3n) is 6.87. The summed E-state index contributed by atoms with van der Waals surface area (Å²) in [5, 5.41) is 18.6. The summed E-state index contributed by atoms with van der Waals surface area (Å²) in [6.45, 7) is 3.59. The minimum absolute atomic E-state index is 0.0434. The fraction of sp³-hybridized carbons (Fsp3) is 0.688. The van der Waals surface area contributed by atoms with Gasteiger partial charge in [0, 0.05) is 5.69 Å². The molecule has 0 heterocycles. The molecule has 41 heavy (non-hydrogen) atoms. The molecule has 0 amide bonds. The first kappa shape index (κ1) is 35.9. The maximum atomic E-state index is 12.8. The minimum atomic E-state index is -1.24. The van der Waals surface area contributed by atoms with Gasteiger partial charge in [-0.1, -0.05) is 104 Å². The van der Waals surface area contributed by atoms with Crippen LogP contribution < -0.4 is 4.90 Å². The van der Waals surface area contributed by atoms with E-state index in [1.165, 1.54) is 69.6 Å². The van der Waals surface area contributed by atoms with Crippen LogP contribution in [0.1, 0.15) is 137 Å². The maximum absolute atomic E-state index is 12.8. The molecule has 232 valence electrons. The van der Waals surface area contributed by atoms with E-state index >= 15 is 0 Å². The van der Waals surface area contributed by atoms with Crippen LogP contribution in [0.3, 0.4) is 0 Å². The Morgan fingerprint density at radius 1 is 0.561 bits per heavy atom. The summed E-state index contributed by atoms with van der Waals surface area (Å²) in [5.74, 6) is -3.80. The summed E-state index contributed by atoms with van der Waals surface area (Å²) >= 11 is 0. The smallest absolute Gasteiger partial charge is 0.338 e. The van der Waals surface area contributed by atoms with Crippen LogP contribution in [0.2, 0.25) is 0 Å². The maximum Gasteiger partial charge on any atom is 0.338 e. The van der Waals surface area contributed by atoms with E-state index in [1.807, 2.05) is 0 Å². The Hall–Kier alpha value is -3.10. The van der Waals surface area contributed by atoms with Crippen LogP contribution >= 0.6 is 0 Å². The molecule has 0 aromatic heterocycles. The van der Waals surface area contributed by atoms with E-state index in [1.54, 1.807) is 0 Å². The Bertz CT molecular complexity index is 849. The first-order valence-electron chi connectivity index (χ1n) is 15.5. The van der Waals surface area contributed by atoms with Crippen molar-refractivity contribution < 1.29 is 38.9 Å². The quantitative estimate of drug-likeness (QED) is 0.0910. The Kier molecular flexibility index (Phi) is 19.8. The summed E-state index contributed by atoms with van der Waals surface area (Å²) in [7, 11) is 0. The van der Waals surface area contributed by atoms with Crippen molar-refractivity contribution in [1.29, 1.82) is 0 Å². The molecular weight excluding hydrogens is 526 g/mol. The number of esters is 2. The molecule has 9 nitrogen and oxygen atoms in total. The van der Waals surface area contributed by atoms with Gasteiger partial charge in [-0.05, 0) is 31.0 Å². The fourth-order valence-corrected chi connectivity index (χ4v) is 4.56. The average molecular weight is 578 g/mol. The van der Waals surface area contributed by atoms with Crippen molar-refractivity contribution >= 4 is 29.6 Å². The topological polar surface area (TPSA) is 130 Å². The predicted octanol–water partition coefficient (Wildman–Crippen LogP) is 7.26. The van der Waals surface area contributed by atoms with Crippen LogP contribution in [-0.4, -0.2) is 60.4 Å².